The van der Waals surface area contributed by atoms with Gasteiger partial charge in [-0.05, 0) is 34.4 Å². The Morgan fingerprint density at radius 1 is 1.12 bits per heavy atom. The minimum absolute atomic E-state index is 0. The average molecular weight is 383 g/mol. The predicted octanol–water partition coefficient (Wildman–Crippen LogP) is 3.91. The van der Waals surface area contributed by atoms with Gasteiger partial charge < -0.3 is 10.6 Å². The van der Waals surface area contributed by atoms with Crippen LogP contribution in [0, 0.1) is 0 Å². The van der Waals surface area contributed by atoms with Gasteiger partial charge in [0.2, 0.25) is 5.91 Å². The van der Waals surface area contributed by atoms with Crippen LogP contribution in [-0.2, 0) is 30.2 Å². The number of benzene rings is 2. The number of halogens is 2. The minimum Gasteiger partial charge on any atom is -0.351 e. The number of nitrogens with one attached hydrogen (secondary N) is 2. The number of hydrogen-bond acceptors (Lipinski definition) is 3. The van der Waals surface area contributed by atoms with Crippen molar-refractivity contribution >= 4 is 41.7 Å². The van der Waals surface area contributed by atoms with Crippen molar-refractivity contribution in [1.82, 2.24) is 10.6 Å². The molecule has 0 spiro atoms. The molecule has 0 unspecified atom stereocenters. The Morgan fingerprint density at radius 2 is 1.96 bits per heavy atom. The van der Waals surface area contributed by atoms with Crippen LogP contribution in [0.1, 0.15) is 22.3 Å². The van der Waals surface area contributed by atoms with E-state index in [2.05, 4.69) is 28.8 Å². The van der Waals surface area contributed by atoms with E-state index in [0.29, 0.717) is 12.3 Å². The van der Waals surface area contributed by atoms with E-state index in [1.807, 2.05) is 24.3 Å². The fraction of sp³-hybridized carbons (Fsp3) is 0.278. The molecule has 2 aromatic carbocycles. The van der Waals surface area contributed by atoms with Crippen LogP contribution in [0.25, 0.3) is 0 Å². The number of rotatable bonds is 6. The van der Waals surface area contributed by atoms with Gasteiger partial charge in [0.15, 0.2) is 0 Å². The Bertz CT molecular complexity index is 709. The highest BCUT2D eigenvalue weighted by Gasteiger charge is 2.10. The minimum atomic E-state index is 0. The summed E-state index contributed by atoms with van der Waals surface area (Å²) in [6.45, 7) is 2.46. The highest BCUT2D eigenvalue weighted by Crippen LogP contribution is 2.18. The van der Waals surface area contributed by atoms with E-state index in [1.165, 1.54) is 11.1 Å². The number of thioether (sulfide) groups is 1. The molecule has 1 aliphatic rings. The second kappa shape index (κ2) is 9.33. The molecule has 0 radical (unpaired) electrons. The lowest BCUT2D eigenvalue weighted by Crippen LogP contribution is -2.24. The molecule has 1 amide bonds. The second-order valence-electron chi connectivity index (χ2n) is 5.61. The topological polar surface area (TPSA) is 41.1 Å². The number of hydrogen-bond donors (Lipinski definition) is 2. The molecule has 0 fully saturated rings. The fourth-order valence-corrected chi connectivity index (χ4v) is 3.62. The molecular formula is C18H20Cl2N2OS. The monoisotopic (exact) mass is 382 g/mol. The quantitative estimate of drug-likeness (QED) is 0.795. The van der Waals surface area contributed by atoms with Gasteiger partial charge in [-0.25, -0.2) is 0 Å². The van der Waals surface area contributed by atoms with Crippen LogP contribution in [0.2, 0.25) is 5.02 Å². The van der Waals surface area contributed by atoms with Crippen molar-refractivity contribution in [2.24, 2.45) is 0 Å². The van der Waals surface area contributed by atoms with Gasteiger partial charge in [-0.1, -0.05) is 41.9 Å². The highest BCUT2D eigenvalue weighted by molar-refractivity contribution is 7.99. The standard InChI is InChI=1S/C18H19ClN2OS.ClH/c19-17-3-1-2-14(7-17)11-23-12-18(22)21-8-13-4-5-15-9-20-10-16(15)6-13;/h1-7,20H,8-12H2,(H,21,22);1H. The van der Waals surface area contributed by atoms with Gasteiger partial charge in [-0.2, -0.15) is 0 Å². The average Bonchev–Trinajstić information content (AvgIpc) is 3.00. The molecule has 0 bridgehead atoms. The van der Waals surface area contributed by atoms with E-state index in [4.69, 9.17) is 11.6 Å². The first-order chi connectivity index (χ1) is 11.2. The zero-order valence-corrected chi connectivity index (χ0v) is 15.6. The van der Waals surface area contributed by atoms with Crippen LogP contribution in [0.5, 0.6) is 0 Å². The lowest BCUT2D eigenvalue weighted by atomic mass is 10.1. The number of carbonyl (C=O) groups is 1. The number of fused-ring (bicyclic) bond motifs is 1. The third kappa shape index (κ3) is 5.42. The molecule has 3 nitrogen and oxygen atoms in total. The van der Waals surface area contributed by atoms with Gasteiger partial charge in [0, 0.05) is 30.4 Å². The molecule has 0 saturated heterocycles. The van der Waals surface area contributed by atoms with Crippen molar-refractivity contribution in [1.29, 1.82) is 0 Å². The maximum atomic E-state index is 11.9. The molecule has 0 aromatic heterocycles. The van der Waals surface area contributed by atoms with Crippen molar-refractivity contribution in [3.05, 3.63) is 69.7 Å². The van der Waals surface area contributed by atoms with Crippen LogP contribution >= 0.6 is 35.8 Å². The van der Waals surface area contributed by atoms with E-state index in [9.17, 15) is 4.79 Å². The van der Waals surface area contributed by atoms with Crippen molar-refractivity contribution < 1.29 is 4.79 Å². The van der Waals surface area contributed by atoms with Gasteiger partial charge in [0.25, 0.3) is 0 Å². The number of carbonyl (C=O) groups excluding carboxylic acids is 1. The molecule has 0 atom stereocenters. The molecule has 24 heavy (non-hydrogen) atoms. The first-order valence-corrected chi connectivity index (χ1v) is 9.14. The van der Waals surface area contributed by atoms with E-state index < -0.39 is 0 Å². The van der Waals surface area contributed by atoms with Crippen molar-refractivity contribution in [2.45, 2.75) is 25.4 Å². The molecule has 128 valence electrons. The lowest BCUT2D eigenvalue weighted by Gasteiger charge is -2.07. The molecular weight excluding hydrogens is 363 g/mol. The first kappa shape index (κ1) is 19.1. The summed E-state index contributed by atoms with van der Waals surface area (Å²) in [7, 11) is 0. The summed E-state index contributed by atoms with van der Waals surface area (Å²) >= 11 is 7.55. The molecule has 2 N–H and O–H groups in total. The summed E-state index contributed by atoms with van der Waals surface area (Å²) in [6, 6.07) is 14.2. The maximum Gasteiger partial charge on any atom is 0.230 e. The zero-order valence-electron chi connectivity index (χ0n) is 13.2. The zero-order chi connectivity index (χ0) is 16.1. The Labute approximate surface area is 158 Å². The molecule has 0 saturated carbocycles. The normalized spacial score (nSPS) is 12.4. The van der Waals surface area contributed by atoms with Gasteiger partial charge in [0.1, 0.15) is 0 Å². The van der Waals surface area contributed by atoms with Crippen LogP contribution in [0.4, 0.5) is 0 Å². The third-order valence-electron chi connectivity index (χ3n) is 3.78. The second-order valence-corrected chi connectivity index (χ2v) is 7.03. The van der Waals surface area contributed by atoms with E-state index in [-0.39, 0.29) is 18.3 Å². The number of amides is 1. The Kier molecular flexibility index (Phi) is 7.43. The summed E-state index contributed by atoms with van der Waals surface area (Å²) < 4.78 is 0. The van der Waals surface area contributed by atoms with Gasteiger partial charge in [0.05, 0.1) is 5.75 Å². The summed E-state index contributed by atoms with van der Waals surface area (Å²) in [5.41, 5.74) is 4.99. The van der Waals surface area contributed by atoms with Gasteiger partial charge in [-0.15, -0.1) is 24.2 Å². The largest absolute Gasteiger partial charge is 0.351 e. The van der Waals surface area contributed by atoms with Crippen LogP contribution < -0.4 is 10.6 Å². The Balaban J connectivity index is 0.00000208. The molecule has 1 aliphatic heterocycles. The van der Waals surface area contributed by atoms with Crippen LogP contribution in [-0.4, -0.2) is 11.7 Å². The third-order valence-corrected chi connectivity index (χ3v) is 5.02. The van der Waals surface area contributed by atoms with Crippen molar-refractivity contribution in [2.75, 3.05) is 5.75 Å². The predicted molar refractivity (Wildman–Crippen MR) is 104 cm³/mol. The van der Waals surface area contributed by atoms with Gasteiger partial charge in [-0.3, -0.25) is 4.79 Å². The first-order valence-electron chi connectivity index (χ1n) is 7.61. The molecule has 2 aromatic rings. The molecule has 0 aliphatic carbocycles. The molecule has 6 heteroatoms. The van der Waals surface area contributed by atoms with Crippen molar-refractivity contribution in [3.8, 4) is 0 Å². The summed E-state index contributed by atoms with van der Waals surface area (Å²) in [5.74, 6) is 1.31. The fourth-order valence-electron chi connectivity index (χ4n) is 2.60. The maximum absolute atomic E-state index is 11.9. The van der Waals surface area contributed by atoms with Crippen molar-refractivity contribution in [3.63, 3.8) is 0 Å². The molecule has 1 heterocycles. The van der Waals surface area contributed by atoms with Crippen LogP contribution in [0.3, 0.4) is 0 Å². The SMILES string of the molecule is Cl.O=C(CSCc1cccc(Cl)c1)NCc1ccc2c(c1)CNC2. The smallest absolute Gasteiger partial charge is 0.230 e. The molecule has 3 rings (SSSR count). The summed E-state index contributed by atoms with van der Waals surface area (Å²) in [4.78, 5) is 11.9. The van der Waals surface area contributed by atoms with E-state index in [1.54, 1.807) is 11.8 Å². The van der Waals surface area contributed by atoms with Crippen LogP contribution in [0.15, 0.2) is 42.5 Å². The van der Waals surface area contributed by atoms with E-state index >= 15 is 0 Å². The Hall–Kier alpha value is -1.20. The van der Waals surface area contributed by atoms with Gasteiger partial charge >= 0.3 is 0 Å². The Morgan fingerprint density at radius 3 is 2.79 bits per heavy atom. The highest BCUT2D eigenvalue weighted by atomic mass is 35.5. The summed E-state index contributed by atoms with van der Waals surface area (Å²) in [6.07, 6.45) is 0. The lowest BCUT2D eigenvalue weighted by molar-refractivity contribution is -0.118. The summed E-state index contributed by atoms with van der Waals surface area (Å²) in [5, 5.41) is 7.04. The van der Waals surface area contributed by atoms with E-state index in [0.717, 1.165) is 35.0 Å².